The number of nitrogens with zero attached hydrogens (tertiary/aromatic N) is 2. The first-order valence-electron chi connectivity index (χ1n) is 8.25. The average Bonchev–Trinajstić information content (AvgIpc) is 3.10. The highest BCUT2D eigenvalue weighted by Crippen LogP contribution is 2.33. The number of carbonyl (C=O) groups excluding carboxylic acids is 1. The lowest BCUT2D eigenvalue weighted by atomic mass is 9.82. The Balaban J connectivity index is 1.67. The first-order chi connectivity index (χ1) is 12.2. The number of amides is 1. The van der Waals surface area contributed by atoms with Crippen LogP contribution in [0.2, 0.25) is 0 Å². The lowest BCUT2D eigenvalue weighted by Crippen LogP contribution is -2.49. The summed E-state index contributed by atoms with van der Waals surface area (Å²) in [4.78, 5) is 17.2. The van der Waals surface area contributed by atoms with Crippen molar-refractivity contribution in [3.05, 3.63) is 70.6 Å². The van der Waals surface area contributed by atoms with E-state index in [1.807, 2.05) is 41.1 Å². The Morgan fingerprint density at radius 1 is 1.24 bits per heavy atom. The zero-order valence-corrected chi connectivity index (χ0v) is 15.2. The van der Waals surface area contributed by atoms with Crippen molar-refractivity contribution in [1.29, 1.82) is 0 Å². The third-order valence-corrected chi connectivity index (χ3v) is 5.22. The number of imidazole rings is 1. The van der Waals surface area contributed by atoms with E-state index in [4.69, 9.17) is 4.74 Å². The summed E-state index contributed by atoms with van der Waals surface area (Å²) in [6.45, 7) is 1.26. The quantitative estimate of drug-likeness (QED) is 0.732. The van der Waals surface area contributed by atoms with Gasteiger partial charge in [0.1, 0.15) is 5.65 Å². The van der Waals surface area contributed by atoms with Gasteiger partial charge in [-0.15, -0.1) is 0 Å². The van der Waals surface area contributed by atoms with E-state index in [2.05, 4.69) is 38.4 Å². The van der Waals surface area contributed by atoms with E-state index in [1.54, 1.807) is 6.20 Å². The molecule has 0 atom stereocenters. The third kappa shape index (κ3) is 3.19. The first kappa shape index (κ1) is 16.3. The molecule has 1 aliphatic heterocycles. The molecular formula is C19H18BrN3O2. The maximum absolute atomic E-state index is 12.9. The van der Waals surface area contributed by atoms with Gasteiger partial charge in [0.25, 0.3) is 5.91 Å². The fourth-order valence-corrected chi connectivity index (χ4v) is 3.73. The molecule has 1 aliphatic rings. The number of carbonyl (C=O) groups is 1. The number of rotatable bonds is 3. The van der Waals surface area contributed by atoms with Crippen molar-refractivity contribution in [3.8, 4) is 0 Å². The third-order valence-electron chi connectivity index (χ3n) is 4.73. The number of halogens is 1. The molecule has 3 aromatic rings. The van der Waals surface area contributed by atoms with Gasteiger partial charge in [-0.05, 0) is 42.7 Å². The van der Waals surface area contributed by atoms with Gasteiger partial charge in [0.05, 0.1) is 11.1 Å². The monoisotopic (exact) mass is 399 g/mol. The summed E-state index contributed by atoms with van der Waals surface area (Å²) in [5, 5.41) is 3.28. The molecule has 6 heteroatoms. The maximum Gasteiger partial charge on any atom is 0.253 e. The highest BCUT2D eigenvalue weighted by atomic mass is 79.9. The van der Waals surface area contributed by atoms with Gasteiger partial charge >= 0.3 is 0 Å². The van der Waals surface area contributed by atoms with Crippen LogP contribution >= 0.6 is 15.9 Å². The second kappa shape index (κ2) is 6.61. The van der Waals surface area contributed by atoms with Gasteiger partial charge in [0.2, 0.25) is 0 Å². The van der Waals surface area contributed by atoms with Crippen molar-refractivity contribution in [2.45, 2.75) is 18.4 Å². The Morgan fingerprint density at radius 2 is 2.08 bits per heavy atom. The Labute approximate surface area is 154 Å². The van der Waals surface area contributed by atoms with Crippen LogP contribution in [0, 0.1) is 0 Å². The second-order valence-corrected chi connectivity index (χ2v) is 7.19. The Kier molecular flexibility index (Phi) is 4.31. The Bertz CT molecular complexity index is 916. The van der Waals surface area contributed by atoms with Crippen LogP contribution in [0.15, 0.2) is 59.5 Å². The first-order valence-corrected chi connectivity index (χ1v) is 9.05. The molecule has 5 nitrogen and oxygen atoms in total. The normalized spacial score (nSPS) is 16.7. The fourth-order valence-electron chi connectivity index (χ4n) is 3.34. The summed E-state index contributed by atoms with van der Waals surface area (Å²) >= 11 is 3.53. The SMILES string of the molecule is O=C(NC1(c2cccc(Br)c2)CCOCC1)c1ccc2nccn2c1. The van der Waals surface area contributed by atoms with Gasteiger partial charge in [-0.25, -0.2) is 4.98 Å². The highest BCUT2D eigenvalue weighted by molar-refractivity contribution is 9.10. The molecule has 0 spiro atoms. The van der Waals surface area contributed by atoms with E-state index in [0.717, 1.165) is 28.5 Å². The molecule has 0 saturated carbocycles. The zero-order chi connectivity index (χ0) is 17.3. The molecule has 1 saturated heterocycles. The largest absolute Gasteiger partial charge is 0.381 e. The van der Waals surface area contributed by atoms with Gasteiger partial charge in [0, 0.05) is 36.3 Å². The molecule has 1 amide bonds. The number of pyridine rings is 1. The lowest BCUT2D eigenvalue weighted by Gasteiger charge is -2.38. The van der Waals surface area contributed by atoms with E-state index in [-0.39, 0.29) is 5.91 Å². The standard InChI is InChI=1S/C19H18BrN3O2/c20-16-3-1-2-15(12-16)19(6-10-25-11-7-19)22-18(24)14-4-5-17-21-8-9-23(17)13-14/h1-5,8-9,12-13H,6-7,10-11H2,(H,22,24). The predicted molar refractivity (Wildman–Crippen MR) is 98.5 cm³/mol. The van der Waals surface area contributed by atoms with Gasteiger partial charge in [-0.1, -0.05) is 28.1 Å². The molecule has 1 aromatic carbocycles. The molecule has 1 N–H and O–H groups in total. The Morgan fingerprint density at radius 3 is 2.88 bits per heavy atom. The van der Waals surface area contributed by atoms with E-state index in [9.17, 15) is 4.79 Å². The number of benzene rings is 1. The van der Waals surface area contributed by atoms with Crippen molar-refractivity contribution in [3.63, 3.8) is 0 Å². The molecule has 1 fully saturated rings. The van der Waals surface area contributed by atoms with E-state index >= 15 is 0 Å². The van der Waals surface area contributed by atoms with Crippen LogP contribution in [0.1, 0.15) is 28.8 Å². The van der Waals surface area contributed by atoms with E-state index < -0.39 is 5.54 Å². The van der Waals surface area contributed by atoms with Crippen LogP contribution in [-0.4, -0.2) is 28.5 Å². The number of hydrogen-bond donors (Lipinski definition) is 1. The summed E-state index contributed by atoms with van der Waals surface area (Å²) in [5.74, 6) is -0.0857. The summed E-state index contributed by atoms with van der Waals surface area (Å²) in [6.07, 6.45) is 6.87. The van der Waals surface area contributed by atoms with Gasteiger partial charge in [-0.2, -0.15) is 0 Å². The minimum absolute atomic E-state index is 0.0857. The van der Waals surface area contributed by atoms with Crippen LogP contribution in [-0.2, 0) is 10.3 Å². The minimum Gasteiger partial charge on any atom is -0.381 e. The topological polar surface area (TPSA) is 55.6 Å². The summed E-state index contributed by atoms with van der Waals surface area (Å²) in [5.41, 5.74) is 2.13. The zero-order valence-electron chi connectivity index (χ0n) is 13.6. The van der Waals surface area contributed by atoms with Gasteiger partial charge in [-0.3, -0.25) is 4.79 Å². The van der Waals surface area contributed by atoms with Crippen LogP contribution in [0.3, 0.4) is 0 Å². The number of aromatic nitrogens is 2. The molecule has 128 valence electrons. The van der Waals surface area contributed by atoms with Gasteiger partial charge < -0.3 is 14.5 Å². The molecular weight excluding hydrogens is 382 g/mol. The van der Waals surface area contributed by atoms with E-state index in [0.29, 0.717) is 18.8 Å². The molecule has 0 bridgehead atoms. The number of hydrogen-bond acceptors (Lipinski definition) is 3. The van der Waals surface area contributed by atoms with Gasteiger partial charge in [0.15, 0.2) is 0 Å². The van der Waals surface area contributed by atoms with Crippen LogP contribution in [0.5, 0.6) is 0 Å². The summed E-state index contributed by atoms with van der Waals surface area (Å²) in [6, 6.07) is 11.8. The Hall–Kier alpha value is -2.18. The molecule has 0 radical (unpaired) electrons. The molecule has 3 heterocycles. The molecule has 0 unspecified atom stereocenters. The van der Waals surface area contributed by atoms with Crippen molar-refractivity contribution in [1.82, 2.24) is 14.7 Å². The predicted octanol–water partition coefficient (Wildman–Crippen LogP) is 3.53. The number of fused-ring (bicyclic) bond motifs is 1. The minimum atomic E-state index is -0.414. The van der Waals surface area contributed by atoms with Crippen LogP contribution < -0.4 is 5.32 Å². The van der Waals surface area contributed by atoms with Crippen LogP contribution in [0.25, 0.3) is 5.65 Å². The lowest BCUT2D eigenvalue weighted by molar-refractivity contribution is 0.0345. The summed E-state index contributed by atoms with van der Waals surface area (Å²) < 4.78 is 8.39. The number of ether oxygens (including phenoxy) is 1. The molecule has 4 rings (SSSR count). The van der Waals surface area contributed by atoms with Crippen molar-refractivity contribution < 1.29 is 9.53 Å². The molecule has 0 aliphatic carbocycles. The van der Waals surface area contributed by atoms with Crippen molar-refractivity contribution >= 4 is 27.5 Å². The fraction of sp³-hybridized carbons (Fsp3) is 0.263. The number of nitrogens with one attached hydrogen (secondary N) is 1. The summed E-state index contributed by atoms with van der Waals surface area (Å²) in [7, 11) is 0. The molecule has 25 heavy (non-hydrogen) atoms. The maximum atomic E-state index is 12.9. The smallest absolute Gasteiger partial charge is 0.253 e. The molecule has 2 aromatic heterocycles. The van der Waals surface area contributed by atoms with Crippen molar-refractivity contribution in [2.24, 2.45) is 0 Å². The average molecular weight is 400 g/mol. The van der Waals surface area contributed by atoms with E-state index in [1.165, 1.54) is 0 Å². The highest BCUT2D eigenvalue weighted by Gasteiger charge is 2.36. The second-order valence-electron chi connectivity index (χ2n) is 6.27. The van der Waals surface area contributed by atoms with Crippen molar-refractivity contribution in [2.75, 3.05) is 13.2 Å². The van der Waals surface area contributed by atoms with Crippen LogP contribution in [0.4, 0.5) is 0 Å².